The van der Waals surface area contributed by atoms with Crippen molar-refractivity contribution >= 4 is 29.1 Å². The van der Waals surface area contributed by atoms with Gasteiger partial charge in [-0.1, -0.05) is 0 Å². The molecule has 0 aromatic carbocycles. The second-order valence-corrected chi connectivity index (χ2v) is 5.36. The lowest BCUT2D eigenvalue weighted by molar-refractivity contribution is 0.228. The van der Waals surface area contributed by atoms with Gasteiger partial charge in [-0.05, 0) is 29.8 Å². The third-order valence-electron chi connectivity index (χ3n) is 1.45. The molecule has 0 fully saturated rings. The Morgan fingerprint density at radius 2 is 1.73 bits per heavy atom. The average molecular weight is 295 g/mol. The van der Waals surface area contributed by atoms with E-state index in [-0.39, 0.29) is 18.8 Å². The van der Waals surface area contributed by atoms with Crippen LogP contribution in [0.4, 0.5) is 0 Å². The van der Waals surface area contributed by atoms with Crippen LogP contribution in [-0.2, 0) is 13.6 Å². The SMILES string of the molecule is CCOP(=O)(OCC)c1ncc(Br)cn1. The van der Waals surface area contributed by atoms with Gasteiger partial charge in [0.25, 0.3) is 0 Å². The van der Waals surface area contributed by atoms with Crippen molar-refractivity contribution in [2.24, 2.45) is 0 Å². The van der Waals surface area contributed by atoms with E-state index in [0.717, 1.165) is 0 Å². The zero-order chi connectivity index (χ0) is 11.3. The van der Waals surface area contributed by atoms with Crippen LogP contribution in [0.5, 0.6) is 0 Å². The first-order valence-corrected chi connectivity index (χ1v) is 6.83. The fraction of sp³-hybridized carbons (Fsp3) is 0.500. The minimum absolute atomic E-state index is 0.0920. The van der Waals surface area contributed by atoms with Crippen molar-refractivity contribution in [1.82, 2.24) is 9.97 Å². The lowest BCUT2D eigenvalue weighted by atomic mass is 10.7. The summed E-state index contributed by atoms with van der Waals surface area (Å²) >= 11 is 3.19. The van der Waals surface area contributed by atoms with E-state index < -0.39 is 7.60 Å². The molecule has 0 amide bonds. The van der Waals surface area contributed by atoms with Gasteiger partial charge < -0.3 is 9.05 Å². The summed E-state index contributed by atoms with van der Waals surface area (Å²) in [7, 11) is -3.33. The molecule has 1 aromatic rings. The number of rotatable bonds is 5. The Hall–Kier alpha value is -0.290. The normalized spacial score (nSPS) is 11.7. The van der Waals surface area contributed by atoms with Crippen molar-refractivity contribution in [3.8, 4) is 0 Å². The molecule has 0 aliphatic rings. The van der Waals surface area contributed by atoms with Crippen LogP contribution < -0.4 is 5.57 Å². The third-order valence-corrected chi connectivity index (χ3v) is 3.78. The number of nitrogens with zero attached hydrogens (tertiary/aromatic N) is 2. The van der Waals surface area contributed by atoms with E-state index in [0.29, 0.717) is 4.47 Å². The van der Waals surface area contributed by atoms with Crippen molar-refractivity contribution in [2.45, 2.75) is 13.8 Å². The molecule has 0 atom stereocenters. The molecule has 1 aromatic heterocycles. The van der Waals surface area contributed by atoms with Gasteiger partial charge in [-0.2, -0.15) is 0 Å². The number of hydrogen-bond acceptors (Lipinski definition) is 5. The molecule has 0 saturated heterocycles. The molecule has 84 valence electrons. The van der Waals surface area contributed by atoms with Crippen molar-refractivity contribution < 1.29 is 13.6 Å². The van der Waals surface area contributed by atoms with Gasteiger partial charge in [0.1, 0.15) is 0 Å². The fourth-order valence-electron chi connectivity index (χ4n) is 0.940. The summed E-state index contributed by atoms with van der Waals surface area (Å²) in [6.07, 6.45) is 3.01. The molecule has 0 saturated carbocycles. The standard InChI is InChI=1S/C8H12BrN2O3P/c1-3-13-15(12,14-4-2)8-10-5-7(9)6-11-8/h5-6H,3-4H2,1-2H3. The van der Waals surface area contributed by atoms with Crippen molar-refractivity contribution in [1.29, 1.82) is 0 Å². The average Bonchev–Trinajstić information content (AvgIpc) is 2.19. The van der Waals surface area contributed by atoms with Gasteiger partial charge in [0.2, 0.25) is 5.57 Å². The zero-order valence-corrected chi connectivity index (χ0v) is 11.0. The second kappa shape index (κ2) is 5.70. The quantitative estimate of drug-likeness (QED) is 0.779. The molecule has 1 heterocycles. The van der Waals surface area contributed by atoms with Crippen LogP contribution in [0.15, 0.2) is 16.9 Å². The Bertz CT molecular complexity index is 347. The van der Waals surface area contributed by atoms with Crippen LogP contribution in [0.25, 0.3) is 0 Å². The Labute approximate surface area is 96.9 Å². The van der Waals surface area contributed by atoms with Crippen molar-refractivity contribution in [3.05, 3.63) is 16.9 Å². The Morgan fingerprint density at radius 3 is 2.13 bits per heavy atom. The molecule has 0 aliphatic carbocycles. The van der Waals surface area contributed by atoms with Crippen LogP contribution in [0, 0.1) is 0 Å². The predicted molar refractivity (Wildman–Crippen MR) is 60.2 cm³/mol. The summed E-state index contributed by atoms with van der Waals surface area (Å²) in [4.78, 5) is 7.83. The predicted octanol–water partition coefficient (Wildman–Crippen LogP) is 2.13. The Kier molecular flexibility index (Phi) is 4.86. The van der Waals surface area contributed by atoms with Crippen LogP contribution in [0.2, 0.25) is 0 Å². The highest BCUT2D eigenvalue weighted by atomic mass is 79.9. The Balaban J connectivity index is 2.98. The van der Waals surface area contributed by atoms with Gasteiger partial charge in [-0.15, -0.1) is 0 Å². The minimum Gasteiger partial charge on any atom is -0.303 e. The van der Waals surface area contributed by atoms with E-state index >= 15 is 0 Å². The number of halogens is 1. The topological polar surface area (TPSA) is 61.3 Å². The summed E-state index contributed by atoms with van der Waals surface area (Å²) in [5.74, 6) is 0. The van der Waals surface area contributed by atoms with Crippen LogP contribution in [-0.4, -0.2) is 23.2 Å². The largest absolute Gasteiger partial charge is 0.398 e. The summed E-state index contributed by atoms with van der Waals surface area (Å²) < 4.78 is 23.0. The zero-order valence-electron chi connectivity index (χ0n) is 8.51. The molecule has 7 heteroatoms. The molecule has 0 spiro atoms. The lowest BCUT2D eigenvalue weighted by Crippen LogP contribution is -2.17. The first kappa shape index (κ1) is 12.8. The van der Waals surface area contributed by atoms with Gasteiger partial charge >= 0.3 is 7.60 Å². The van der Waals surface area contributed by atoms with Gasteiger partial charge in [-0.3, -0.25) is 4.57 Å². The molecule has 5 nitrogen and oxygen atoms in total. The Morgan fingerprint density at radius 1 is 1.27 bits per heavy atom. The van der Waals surface area contributed by atoms with Gasteiger partial charge in [0, 0.05) is 12.4 Å². The van der Waals surface area contributed by atoms with Gasteiger partial charge in [0.05, 0.1) is 17.7 Å². The highest BCUT2D eigenvalue weighted by Gasteiger charge is 2.29. The molecule has 0 bridgehead atoms. The number of hydrogen-bond donors (Lipinski definition) is 0. The smallest absolute Gasteiger partial charge is 0.303 e. The molecule has 0 radical (unpaired) electrons. The van der Waals surface area contributed by atoms with E-state index in [1.165, 1.54) is 12.4 Å². The maximum Gasteiger partial charge on any atom is 0.398 e. The van der Waals surface area contributed by atoms with E-state index in [2.05, 4.69) is 25.9 Å². The summed E-state index contributed by atoms with van der Waals surface area (Å²) in [6.45, 7) is 4.06. The summed E-state index contributed by atoms with van der Waals surface area (Å²) in [6, 6.07) is 0. The monoisotopic (exact) mass is 294 g/mol. The maximum atomic E-state index is 12.1. The fourth-order valence-corrected chi connectivity index (χ4v) is 2.53. The summed E-state index contributed by atoms with van der Waals surface area (Å²) in [5, 5.41) is 0. The van der Waals surface area contributed by atoms with E-state index in [1.54, 1.807) is 13.8 Å². The minimum atomic E-state index is -3.33. The molecule has 15 heavy (non-hydrogen) atoms. The first-order chi connectivity index (χ1) is 7.12. The maximum absolute atomic E-state index is 12.1. The molecule has 0 aliphatic heterocycles. The molecule has 1 rings (SSSR count). The highest BCUT2D eigenvalue weighted by molar-refractivity contribution is 9.10. The molecule has 0 N–H and O–H groups in total. The van der Waals surface area contributed by atoms with Gasteiger partial charge in [-0.25, -0.2) is 9.97 Å². The highest BCUT2D eigenvalue weighted by Crippen LogP contribution is 2.45. The van der Waals surface area contributed by atoms with Crippen molar-refractivity contribution in [3.63, 3.8) is 0 Å². The van der Waals surface area contributed by atoms with Gasteiger partial charge in [0.15, 0.2) is 0 Å². The second-order valence-electron chi connectivity index (χ2n) is 2.53. The molecular formula is C8H12BrN2O3P. The van der Waals surface area contributed by atoms with Crippen molar-refractivity contribution in [2.75, 3.05) is 13.2 Å². The van der Waals surface area contributed by atoms with Crippen LogP contribution >= 0.6 is 23.5 Å². The van der Waals surface area contributed by atoms with Crippen LogP contribution in [0.1, 0.15) is 13.8 Å². The third kappa shape index (κ3) is 3.34. The lowest BCUT2D eigenvalue weighted by Gasteiger charge is -2.14. The molecule has 0 unspecified atom stereocenters. The first-order valence-electron chi connectivity index (χ1n) is 4.49. The molecular weight excluding hydrogens is 283 g/mol. The van der Waals surface area contributed by atoms with E-state index in [1.807, 2.05) is 0 Å². The number of aromatic nitrogens is 2. The summed E-state index contributed by atoms with van der Waals surface area (Å²) in [5.41, 5.74) is 0.0920. The van der Waals surface area contributed by atoms with E-state index in [4.69, 9.17) is 9.05 Å². The van der Waals surface area contributed by atoms with E-state index in [9.17, 15) is 4.57 Å². The van der Waals surface area contributed by atoms with Crippen LogP contribution in [0.3, 0.4) is 0 Å².